The van der Waals surface area contributed by atoms with Crippen LogP contribution in [0.15, 0.2) is 18.2 Å². The lowest BCUT2D eigenvalue weighted by atomic mass is 10.1. The van der Waals surface area contributed by atoms with E-state index in [1.54, 1.807) is 13.1 Å². The molecule has 2 heterocycles. The molecule has 2 aliphatic heterocycles. The van der Waals surface area contributed by atoms with Crippen LogP contribution >= 0.6 is 0 Å². The molecule has 0 spiro atoms. The first-order valence-electron chi connectivity index (χ1n) is 6.34. The first-order chi connectivity index (χ1) is 9.61. The number of ketones is 1. The molecule has 3 rings (SSSR count). The van der Waals surface area contributed by atoms with E-state index in [0.29, 0.717) is 30.9 Å². The summed E-state index contributed by atoms with van der Waals surface area (Å²) in [4.78, 5) is 26.8. The van der Waals surface area contributed by atoms with Crippen molar-refractivity contribution in [2.45, 2.75) is 6.10 Å². The summed E-state index contributed by atoms with van der Waals surface area (Å²) < 4.78 is 5.31. The van der Waals surface area contributed by atoms with Crippen molar-refractivity contribution >= 4 is 23.1 Å². The third kappa shape index (κ3) is 1.84. The highest BCUT2D eigenvalue weighted by Crippen LogP contribution is 2.32. The molecule has 20 heavy (non-hydrogen) atoms. The summed E-state index contributed by atoms with van der Waals surface area (Å²) in [5.74, 6) is -0.972. The number of likely N-dealkylation sites (N-methyl/N-ethyl adjacent to an activating group) is 1. The number of Topliss-reactive ketones (excluding diaryl/α,β-unsaturated/α-hetero) is 1. The van der Waals surface area contributed by atoms with Crippen LogP contribution in [0.4, 0.5) is 11.4 Å². The summed E-state index contributed by atoms with van der Waals surface area (Å²) in [7, 11) is 1.59. The number of hydrogen-bond acceptors (Lipinski definition) is 5. The Balaban J connectivity index is 1.92. The maximum atomic E-state index is 11.7. The van der Waals surface area contributed by atoms with Crippen LogP contribution in [0.1, 0.15) is 10.4 Å². The summed E-state index contributed by atoms with van der Waals surface area (Å²) in [6.07, 6.45) is -0.446. The van der Waals surface area contributed by atoms with Gasteiger partial charge in [-0.3, -0.25) is 9.59 Å². The Morgan fingerprint density at radius 3 is 2.95 bits per heavy atom. The van der Waals surface area contributed by atoms with E-state index >= 15 is 0 Å². The number of anilines is 2. The van der Waals surface area contributed by atoms with Gasteiger partial charge in [0, 0.05) is 19.3 Å². The van der Waals surface area contributed by atoms with E-state index in [-0.39, 0.29) is 0 Å². The van der Waals surface area contributed by atoms with E-state index in [4.69, 9.17) is 10.00 Å². The number of ether oxygens (including phenoxy) is 1. The fourth-order valence-electron chi connectivity index (χ4n) is 2.53. The highest BCUT2D eigenvalue weighted by Gasteiger charge is 2.34. The molecule has 1 saturated heterocycles. The lowest BCUT2D eigenvalue weighted by Gasteiger charge is -2.32. The molecule has 0 N–H and O–H groups in total. The van der Waals surface area contributed by atoms with Gasteiger partial charge in [0.05, 0.1) is 30.5 Å². The molecule has 102 valence electrons. The Morgan fingerprint density at radius 2 is 2.20 bits per heavy atom. The maximum absolute atomic E-state index is 11.7. The van der Waals surface area contributed by atoms with Gasteiger partial charge in [-0.2, -0.15) is 5.26 Å². The van der Waals surface area contributed by atoms with Gasteiger partial charge in [0.25, 0.3) is 11.7 Å². The van der Waals surface area contributed by atoms with Crippen LogP contribution < -0.4 is 9.80 Å². The van der Waals surface area contributed by atoms with Crippen LogP contribution in [0.2, 0.25) is 0 Å². The van der Waals surface area contributed by atoms with Crippen LogP contribution in [0.3, 0.4) is 0 Å². The van der Waals surface area contributed by atoms with Crippen LogP contribution in [-0.2, 0) is 9.53 Å². The number of nitriles is 1. The SMILES string of the molecule is CN1C(=O)C(=O)c2ccc(N3CCOC(C#N)C3)cc21. The average Bonchev–Trinajstić information content (AvgIpc) is 2.72. The van der Waals surface area contributed by atoms with Crippen molar-refractivity contribution in [2.24, 2.45) is 0 Å². The molecule has 1 fully saturated rings. The second-order valence-electron chi connectivity index (χ2n) is 4.83. The molecule has 1 aromatic rings. The van der Waals surface area contributed by atoms with Crippen molar-refractivity contribution < 1.29 is 14.3 Å². The minimum Gasteiger partial charge on any atom is -0.365 e. The number of carbonyl (C=O) groups is 2. The fraction of sp³-hybridized carbons (Fsp3) is 0.357. The molecule has 0 aromatic heterocycles. The van der Waals surface area contributed by atoms with E-state index in [0.717, 1.165) is 5.69 Å². The minimum absolute atomic E-state index is 0.436. The number of carbonyl (C=O) groups excluding carboxylic acids is 2. The number of hydrogen-bond donors (Lipinski definition) is 0. The zero-order chi connectivity index (χ0) is 14.3. The average molecular weight is 271 g/mol. The smallest absolute Gasteiger partial charge is 0.299 e. The van der Waals surface area contributed by atoms with Crippen molar-refractivity contribution in [2.75, 3.05) is 36.5 Å². The predicted molar refractivity (Wildman–Crippen MR) is 71.7 cm³/mol. The van der Waals surface area contributed by atoms with Gasteiger partial charge in [-0.1, -0.05) is 0 Å². The number of fused-ring (bicyclic) bond motifs is 1. The molecule has 2 aliphatic rings. The van der Waals surface area contributed by atoms with Crippen molar-refractivity contribution in [3.8, 4) is 6.07 Å². The van der Waals surface area contributed by atoms with Crippen molar-refractivity contribution in [1.29, 1.82) is 5.26 Å². The van der Waals surface area contributed by atoms with Crippen molar-refractivity contribution in [3.63, 3.8) is 0 Å². The van der Waals surface area contributed by atoms with Crippen LogP contribution in [-0.4, -0.2) is 44.5 Å². The third-order valence-electron chi connectivity index (χ3n) is 3.66. The molecule has 1 amide bonds. The Labute approximate surface area is 116 Å². The van der Waals surface area contributed by atoms with Gasteiger partial charge in [-0.15, -0.1) is 0 Å². The summed E-state index contributed by atoms with van der Waals surface area (Å²) in [6.45, 7) is 1.66. The highest BCUT2D eigenvalue weighted by atomic mass is 16.5. The molecule has 1 aromatic carbocycles. The molecule has 0 bridgehead atoms. The minimum atomic E-state index is -0.506. The van der Waals surface area contributed by atoms with Crippen molar-refractivity contribution in [3.05, 3.63) is 23.8 Å². The van der Waals surface area contributed by atoms with Crippen LogP contribution in [0.25, 0.3) is 0 Å². The van der Waals surface area contributed by atoms with Gasteiger partial charge in [0.15, 0.2) is 6.10 Å². The molecule has 0 aliphatic carbocycles. The molecule has 1 atom stereocenters. The summed E-state index contributed by atoms with van der Waals surface area (Å²) >= 11 is 0. The normalized spacial score (nSPS) is 21.9. The van der Waals surface area contributed by atoms with Crippen LogP contribution in [0.5, 0.6) is 0 Å². The number of nitrogens with zero attached hydrogens (tertiary/aromatic N) is 3. The highest BCUT2D eigenvalue weighted by molar-refractivity contribution is 6.52. The van der Waals surface area contributed by atoms with E-state index in [2.05, 4.69) is 6.07 Å². The lowest BCUT2D eigenvalue weighted by molar-refractivity contribution is -0.114. The Bertz CT molecular complexity index is 635. The monoisotopic (exact) mass is 271 g/mol. The Kier molecular flexibility index (Phi) is 2.92. The maximum Gasteiger partial charge on any atom is 0.299 e. The van der Waals surface area contributed by atoms with Gasteiger partial charge >= 0.3 is 0 Å². The van der Waals surface area contributed by atoms with Gasteiger partial charge < -0.3 is 14.5 Å². The van der Waals surface area contributed by atoms with E-state index in [1.165, 1.54) is 4.90 Å². The molecule has 1 unspecified atom stereocenters. The standard InChI is InChI=1S/C14H13N3O3/c1-16-12-6-9(2-3-11(12)13(18)14(16)19)17-4-5-20-10(7-15)8-17/h2-3,6,10H,4-5,8H2,1H3. The second-order valence-corrected chi connectivity index (χ2v) is 4.83. The zero-order valence-corrected chi connectivity index (χ0v) is 11.0. The molecule has 6 nitrogen and oxygen atoms in total. The first kappa shape index (κ1) is 12.6. The zero-order valence-electron chi connectivity index (χ0n) is 11.0. The Hall–Kier alpha value is -2.39. The number of amides is 1. The molecular weight excluding hydrogens is 258 g/mol. The third-order valence-corrected chi connectivity index (χ3v) is 3.66. The topological polar surface area (TPSA) is 73.6 Å². The Morgan fingerprint density at radius 1 is 1.40 bits per heavy atom. The van der Waals surface area contributed by atoms with Crippen molar-refractivity contribution in [1.82, 2.24) is 0 Å². The van der Waals surface area contributed by atoms with Crippen LogP contribution in [0, 0.1) is 11.3 Å². The largest absolute Gasteiger partial charge is 0.365 e. The lowest BCUT2D eigenvalue weighted by Crippen LogP contribution is -2.41. The number of morpholine rings is 1. The van der Waals surface area contributed by atoms with Gasteiger partial charge in [0.2, 0.25) is 0 Å². The predicted octanol–water partition coefficient (Wildman–Crippen LogP) is 0.574. The fourth-order valence-corrected chi connectivity index (χ4v) is 2.53. The number of rotatable bonds is 1. The quantitative estimate of drug-likeness (QED) is 0.698. The number of benzene rings is 1. The van der Waals surface area contributed by atoms with E-state index in [9.17, 15) is 9.59 Å². The molecule has 6 heteroatoms. The summed E-state index contributed by atoms with van der Waals surface area (Å²) in [6, 6.07) is 7.39. The van der Waals surface area contributed by atoms with Gasteiger partial charge in [0.1, 0.15) is 0 Å². The first-order valence-corrected chi connectivity index (χ1v) is 6.34. The summed E-state index contributed by atoms with van der Waals surface area (Å²) in [5, 5.41) is 8.92. The second kappa shape index (κ2) is 4.62. The summed E-state index contributed by atoms with van der Waals surface area (Å²) in [5.41, 5.74) is 1.95. The van der Waals surface area contributed by atoms with E-state index < -0.39 is 17.8 Å². The molecular formula is C14H13N3O3. The molecule has 0 radical (unpaired) electrons. The van der Waals surface area contributed by atoms with E-state index in [1.807, 2.05) is 17.0 Å². The molecule has 0 saturated carbocycles. The van der Waals surface area contributed by atoms with Gasteiger partial charge in [-0.25, -0.2) is 0 Å². The van der Waals surface area contributed by atoms with Gasteiger partial charge in [-0.05, 0) is 18.2 Å².